The molecular weight excluding hydrogens is 559 g/mol. The predicted molar refractivity (Wildman–Crippen MR) is 154 cm³/mol. The molecule has 14 heteroatoms. The summed E-state index contributed by atoms with van der Waals surface area (Å²) in [6, 6.07) is 16.5. The number of hydrazone groups is 1. The molecule has 1 atom stereocenters. The Hall–Kier alpha value is -5.24. The third kappa shape index (κ3) is 5.64. The first kappa shape index (κ1) is 27.9. The molecule has 0 saturated carbocycles. The van der Waals surface area contributed by atoms with Crippen LogP contribution < -0.4 is 21.0 Å². The Balaban J connectivity index is 1.20. The number of carbonyl (C=O) groups is 2. The van der Waals surface area contributed by atoms with Crippen LogP contribution in [0.25, 0.3) is 22.6 Å². The van der Waals surface area contributed by atoms with Gasteiger partial charge in [0.2, 0.25) is 5.89 Å². The van der Waals surface area contributed by atoms with Crippen LogP contribution in [0, 0.1) is 5.92 Å². The number of anilines is 1. The van der Waals surface area contributed by atoms with Crippen molar-refractivity contribution in [3.05, 3.63) is 72.1 Å². The summed E-state index contributed by atoms with van der Waals surface area (Å²) in [6.07, 6.45) is 1.79. The van der Waals surface area contributed by atoms with Gasteiger partial charge in [-0.3, -0.25) is 15.5 Å². The summed E-state index contributed by atoms with van der Waals surface area (Å²) in [5.74, 6) is 1.21. The summed E-state index contributed by atoms with van der Waals surface area (Å²) in [6.45, 7) is 2.97. The van der Waals surface area contributed by atoms with Gasteiger partial charge in [0.1, 0.15) is 11.4 Å². The van der Waals surface area contributed by atoms with Crippen LogP contribution in [0.4, 0.5) is 15.0 Å². The van der Waals surface area contributed by atoms with Crippen molar-refractivity contribution in [2.45, 2.75) is 25.8 Å². The lowest BCUT2D eigenvalue weighted by Gasteiger charge is -2.39. The first-order valence-electron chi connectivity index (χ1n) is 13.7. The maximum Gasteiger partial charge on any atom is 0.449 e. The summed E-state index contributed by atoms with van der Waals surface area (Å²) in [5.41, 5.74) is 9.18. The van der Waals surface area contributed by atoms with E-state index < -0.39 is 6.09 Å². The first-order valence-corrected chi connectivity index (χ1v) is 13.7. The number of hydrogen-bond donors (Lipinski definition) is 3. The Morgan fingerprint density at radius 2 is 1.93 bits per heavy atom. The van der Waals surface area contributed by atoms with E-state index in [1.807, 2.05) is 30.2 Å². The van der Waals surface area contributed by atoms with Crippen LogP contribution in [0.15, 0.2) is 70.3 Å². The fourth-order valence-corrected chi connectivity index (χ4v) is 5.57. The quantitative estimate of drug-likeness (QED) is 0.280. The number of hydrazine groups is 2. The van der Waals surface area contributed by atoms with Crippen molar-refractivity contribution in [1.29, 1.82) is 0 Å². The van der Waals surface area contributed by atoms with Crippen molar-refractivity contribution in [3.63, 3.8) is 0 Å². The number of fused-ring (bicyclic) bond motifs is 1. The van der Waals surface area contributed by atoms with E-state index in [0.717, 1.165) is 24.2 Å². The van der Waals surface area contributed by atoms with E-state index >= 15 is 0 Å². The monoisotopic (exact) mass is 588 g/mol. The molecule has 0 radical (unpaired) electrons. The summed E-state index contributed by atoms with van der Waals surface area (Å²) < 4.78 is 23.7. The van der Waals surface area contributed by atoms with Gasteiger partial charge in [0, 0.05) is 29.5 Å². The molecule has 0 aliphatic carbocycles. The number of nitrogens with one attached hydrogen (secondary N) is 3. The number of carbonyl (C=O) groups excluding carboxylic acids is 2. The first-order chi connectivity index (χ1) is 20.9. The average molecular weight is 589 g/mol. The highest BCUT2D eigenvalue weighted by atomic mass is 19.3. The molecular formula is C29H29FN8O5. The Labute approximate surface area is 245 Å². The number of amides is 2. The number of halogens is 1. The number of rotatable bonds is 7. The van der Waals surface area contributed by atoms with Gasteiger partial charge < -0.3 is 14.1 Å². The van der Waals surface area contributed by atoms with E-state index in [-0.39, 0.29) is 40.9 Å². The molecule has 2 aromatic carbocycles. The molecule has 1 fully saturated rings. The van der Waals surface area contributed by atoms with Crippen molar-refractivity contribution in [2.75, 3.05) is 25.5 Å². The molecule has 13 nitrogen and oxygen atoms in total. The van der Waals surface area contributed by atoms with Crippen LogP contribution in [0.5, 0.6) is 5.75 Å². The Morgan fingerprint density at radius 1 is 1.14 bits per heavy atom. The average Bonchev–Trinajstić information content (AvgIpc) is 3.67. The van der Waals surface area contributed by atoms with Gasteiger partial charge in [-0.05, 0) is 55.5 Å². The van der Waals surface area contributed by atoms with Crippen LogP contribution >= 0.6 is 0 Å². The highest BCUT2D eigenvalue weighted by molar-refractivity contribution is 5.97. The van der Waals surface area contributed by atoms with Crippen LogP contribution in [-0.4, -0.2) is 58.0 Å². The topological polar surface area (TPSA) is 146 Å². The van der Waals surface area contributed by atoms with Crippen molar-refractivity contribution in [2.24, 2.45) is 11.0 Å². The number of aromatic nitrogens is 2. The van der Waals surface area contributed by atoms with Gasteiger partial charge in [-0.1, -0.05) is 30.3 Å². The third-order valence-corrected chi connectivity index (χ3v) is 7.55. The smallest absolute Gasteiger partial charge is 0.449 e. The molecule has 2 aliphatic rings. The number of methoxy groups -OCH3 is 1. The number of hydrogen-bond acceptors (Lipinski definition) is 11. The number of ether oxygens (including phenoxy) is 1. The van der Waals surface area contributed by atoms with Crippen molar-refractivity contribution in [1.82, 2.24) is 30.9 Å². The molecule has 4 heterocycles. The molecule has 0 bridgehead atoms. The van der Waals surface area contributed by atoms with E-state index in [9.17, 15) is 14.1 Å². The zero-order chi connectivity index (χ0) is 29.9. The number of piperidine rings is 1. The van der Waals surface area contributed by atoms with E-state index in [0.29, 0.717) is 29.8 Å². The summed E-state index contributed by atoms with van der Waals surface area (Å²) in [5, 5.41) is 8.43. The number of amidine groups is 1. The predicted octanol–water partition coefficient (Wildman–Crippen LogP) is 4.58. The molecule has 2 amide bonds. The highest BCUT2D eigenvalue weighted by Gasteiger charge is 2.36. The van der Waals surface area contributed by atoms with Crippen molar-refractivity contribution >= 4 is 34.6 Å². The SMILES string of the molecule is COc1c(-c2nc3cc(NC(=O)OF)ccc3o2)ccnc1C(=O)N1CCC([C@@H](c2ccccc2)N2NN=C(C)N2)CC1. The number of benzene rings is 2. The maximum absolute atomic E-state index is 13.8. The molecule has 0 spiro atoms. The fourth-order valence-electron chi connectivity index (χ4n) is 5.57. The minimum Gasteiger partial charge on any atom is -0.493 e. The maximum atomic E-state index is 13.8. The normalized spacial score (nSPS) is 16.3. The second-order valence-corrected chi connectivity index (χ2v) is 10.2. The lowest BCUT2D eigenvalue weighted by Crippen LogP contribution is -2.49. The molecule has 2 aliphatic heterocycles. The van der Waals surface area contributed by atoms with E-state index in [4.69, 9.17) is 9.15 Å². The van der Waals surface area contributed by atoms with Crippen LogP contribution in [0.2, 0.25) is 0 Å². The number of oxazole rings is 1. The molecule has 3 N–H and O–H groups in total. The van der Waals surface area contributed by atoms with Crippen molar-refractivity contribution in [3.8, 4) is 17.2 Å². The van der Waals surface area contributed by atoms with Crippen LogP contribution in [-0.2, 0) is 4.94 Å². The van der Waals surface area contributed by atoms with Gasteiger partial charge in [0.05, 0.1) is 18.7 Å². The second kappa shape index (κ2) is 11.9. The lowest BCUT2D eigenvalue weighted by atomic mass is 9.85. The Morgan fingerprint density at radius 3 is 2.63 bits per heavy atom. The van der Waals surface area contributed by atoms with E-state index in [1.54, 1.807) is 17.0 Å². The molecule has 43 heavy (non-hydrogen) atoms. The van der Waals surface area contributed by atoms with Gasteiger partial charge in [-0.15, -0.1) is 10.2 Å². The Bertz CT molecular complexity index is 1670. The van der Waals surface area contributed by atoms with Gasteiger partial charge in [0.15, 0.2) is 17.0 Å². The summed E-state index contributed by atoms with van der Waals surface area (Å²) in [4.78, 5) is 38.8. The highest BCUT2D eigenvalue weighted by Crippen LogP contribution is 2.37. The minimum atomic E-state index is -1.25. The van der Waals surface area contributed by atoms with Gasteiger partial charge >= 0.3 is 6.09 Å². The van der Waals surface area contributed by atoms with Crippen LogP contribution in [0.3, 0.4) is 0 Å². The Kier molecular flexibility index (Phi) is 7.75. The largest absolute Gasteiger partial charge is 0.493 e. The van der Waals surface area contributed by atoms with Gasteiger partial charge in [-0.2, -0.15) is 0 Å². The van der Waals surface area contributed by atoms with Gasteiger partial charge in [-0.25, -0.2) is 25.2 Å². The third-order valence-electron chi connectivity index (χ3n) is 7.55. The zero-order valence-electron chi connectivity index (χ0n) is 23.4. The molecule has 222 valence electrons. The standard InChI is InChI=1S/C29H29FN8O5/c1-17-34-36-38(35-17)25(18-6-4-3-5-7-18)19-11-14-37(15-12-19)28(39)24-26(41-2)21(10-13-31-24)27-33-22-16-20(32-29(40)43-30)8-9-23(22)42-27/h3-10,13,16,19,25,36H,11-12,14-15H2,1-2H3,(H,32,40)(H,34,35)/t25-/m1/s1. The second-order valence-electron chi connectivity index (χ2n) is 10.2. The molecule has 1 saturated heterocycles. The number of pyridine rings is 1. The summed E-state index contributed by atoms with van der Waals surface area (Å²) >= 11 is 0. The molecule has 4 aromatic rings. The van der Waals surface area contributed by atoms with Gasteiger partial charge in [0.25, 0.3) is 5.91 Å². The van der Waals surface area contributed by atoms with Crippen LogP contribution in [0.1, 0.15) is 41.9 Å². The molecule has 2 aromatic heterocycles. The lowest BCUT2D eigenvalue weighted by molar-refractivity contribution is -0.0544. The zero-order valence-corrected chi connectivity index (χ0v) is 23.4. The molecule has 0 unspecified atom stereocenters. The summed E-state index contributed by atoms with van der Waals surface area (Å²) in [7, 11) is 1.46. The number of nitrogens with zero attached hydrogens (tertiary/aromatic N) is 5. The number of likely N-dealkylation sites (tertiary alicyclic amines) is 1. The van der Waals surface area contributed by atoms with E-state index in [1.165, 1.54) is 25.4 Å². The van der Waals surface area contributed by atoms with Crippen molar-refractivity contribution < 1.29 is 28.2 Å². The van der Waals surface area contributed by atoms with E-state index in [2.05, 4.69) is 48.4 Å². The fraction of sp³-hybridized carbons (Fsp3) is 0.276. The minimum absolute atomic E-state index is 0.00753. The molecule has 6 rings (SSSR count).